The predicted molar refractivity (Wildman–Crippen MR) is 70.3 cm³/mol. The van der Waals surface area contributed by atoms with E-state index < -0.39 is 0 Å². The summed E-state index contributed by atoms with van der Waals surface area (Å²) in [6.45, 7) is 1.73. The minimum atomic E-state index is -0.376. The van der Waals surface area contributed by atoms with E-state index in [-0.39, 0.29) is 23.5 Å². The van der Waals surface area contributed by atoms with Gasteiger partial charge in [0.1, 0.15) is 0 Å². The van der Waals surface area contributed by atoms with Crippen LogP contribution in [-0.2, 0) is 4.79 Å². The second kappa shape index (κ2) is 6.52. The summed E-state index contributed by atoms with van der Waals surface area (Å²) in [5, 5.41) is 0. The van der Waals surface area contributed by atoms with Gasteiger partial charge in [-0.3, -0.25) is 4.79 Å². The number of hydrogen-bond acceptors (Lipinski definition) is 3. The molecular weight excluding hydrogens is 247 g/mol. The topological polar surface area (TPSA) is 55.6 Å². The van der Waals surface area contributed by atoms with E-state index in [0.717, 1.165) is 13.0 Å². The zero-order valence-corrected chi connectivity index (χ0v) is 10.8. The number of hydrogen-bond donors (Lipinski definition) is 1. The van der Waals surface area contributed by atoms with Crippen LogP contribution in [0, 0.1) is 5.82 Å². The number of amides is 1. The lowest BCUT2D eigenvalue weighted by Crippen LogP contribution is -2.31. The Kier molecular flexibility index (Phi) is 4.74. The molecule has 1 saturated heterocycles. The number of para-hydroxylation sites is 1. The molecule has 0 aliphatic carbocycles. The summed E-state index contributed by atoms with van der Waals surface area (Å²) >= 11 is 0. The number of likely N-dealkylation sites (tertiary alicyclic amines) is 1. The highest BCUT2D eigenvalue weighted by atomic mass is 19.1. The molecule has 19 heavy (non-hydrogen) atoms. The van der Waals surface area contributed by atoms with E-state index in [2.05, 4.69) is 0 Å². The molecule has 0 aromatic heterocycles. The number of halogens is 1. The maximum atomic E-state index is 13.3. The van der Waals surface area contributed by atoms with Crippen LogP contribution >= 0.6 is 0 Å². The fourth-order valence-electron chi connectivity index (χ4n) is 2.14. The van der Waals surface area contributed by atoms with Gasteiger partial charge in [0.25, 0.3) is 0 Å². The van der Waals surface area contributed by atoms with Crippen molar-refractivity contribution in [3.05, 3.63) is 30.1 Å². The lowest BCUT2D eigenvalue weighted by atomic mass is 10.3. The highest BCUT2D eigenvalue weighted by molar-refractivity contribution is 5.76. The van der Waals surface area contributed by atoms with Crippen molar-refractivity contribution in [2.24, 2.45) is 5.73 Å². The van der Waals surface area contributed by atoms with Crippen molar-refractivity contribution in [1.82, 2.24) is 4.90 Å². The molecule has 1 atom stereocenters. The zero-order valence-electron chi connectivity index (χ0n) is 10.8. The molecule has 4 nitrogen and oxygen atoms in total. The van der Waals surface area contributed by atoms with Crippen LogP contribution in [0.2, 0.25) is 0 Å². The first-order valence-electron chi connectivity index (χ1n) is 6.57. The third-order valence-corrected chi connectivity index (χ3v) is 3.21. The molecule has 104 valence electrons. The van der Waals surface area contributed by atoms with E-state index in [4.69, 9.17) is 10.5 Å². The number of carbonyl (C=O) groups is 1. The molecule has 1 aliphatic heterocycles. The van der Waals surface area contributed by atoms with Gasteiger partial charge < -0.3 is 15.4 Å². The first-order chi connectivity index (χ1) is 9.16. The summed E-state index contributed by atoms with van der Waals surface area (Å²) < 4.78 is 18.6. The maximum absolute atomic E-state index is 13.3. The molecule has 1 heterocycles. The number of nitrogens with two attached hydrogens (primary N) is 1. The van der Waals surface area contributed by atoms with Gasteiger partial charge in [0.15, 0.2) is 11.6 Å². The Morgan fingerprint density at radius 3 is 2.95 bits per heavy atom. The van der Waals surface area contributed by atoms with Gasteiger partial charge in [-0.1, -0.05) is 12.1 Å². The fourth-order valence-corrected chi connectivity index (χ4v) is 2.14. The van der Waals surface area contributed by atoms with Crippen LogP contribution in [-0.4, -0.2) is 36.5 Å². The zero-order chi connectivity index (χ0) is 13.7. The summed E-state index contributed by atoms with van der Waals surface area (Å²) in [4.78, 5) is 13.6. The minimum absolute atomic E-state index is 0.102. The molecule has 0 radical (unpaired) electrons. The van der Waals surface area contributed by atoms with E-state index in [1.54, 1.807) is 23.1 Å². The predicted octanol–water partition coefficient (Wildman–Crippen LogP) is 1.54. The number of benzene rings is 1. The average molecular weight is 266 g/mol. The molecule has 0 saturated carbocycles. The Morgan fingerprint density at radius 1 is 1.47 bits per heavy atom. The third kappa shape index (κ3) is 3.92. The second-order valence-corrected chi connectivity index (χ2v) is 4.77. The SMILES string of the molecule is N[C@H]1CCN(C(=O)CCCOc2ccccc2F)C1. The maximum Gasteiger partial charge on any atom is 0.222 e. The molecule has 2 N–H and O–H groups in total. The molecule has 1 fully saturated rings. The van der Waals surface area contributed by atoms with Crippen LogP contribution in [0.3, 0.4) is 0 Å². The molecule has 2 rings (SSSR count). The summed E-state index contributed by atoms with van der Waals surface area (Å²) in [7, 11) is 0. The van der Waals surface area contributed by atoms with Crippen LogP contribution in [0.1, 0.15) is 19.3 Å². The first-order valence-corrected chi connectivity index (χ1v) is 6.57. The lowest BCUT2D eigenvalue weighted by Gasteiger charge is -2.15. The van der Waals surface area contributed by atoms with Gasteiger partial charge in [0.2, 0.25) is 5.91 Å². The normalized spacial score (nSPS) is 18.6. The molecule has 1 aliphatic rings. The third-order valence-electron chi connectivity index (χ3n) is 3.21. The molecule has 0 bridgehead atoms. The van der Waals surface area contributed by atoms with Crippen molar-refractivity contribution in [1.29, 1.82) is 0 Å². The van der Waals surface area contributed by atoms with E-state index in [0.29, 0.717) is 26.0 Å². The molecule has 1 aromatic rings. The summed E-state index contributed by atoms with van der Waals surface area (Å²) in [6, 6.07) is 6.37. The van der Waals surface area contributed by atoms with Gasteiger partial charge in [0, 0.05) is 25.6 Å². The van der Waals surface area contributed by atoms with E-state index in [1.165, 1.54) is 6.07 Å². The van der Waals surface area contributed by atoms with Crippen molar-refractivity contribution < 1.29 is 13.9 Å². The second-order valence-electron chi connectivity index (χ2n) is 4.77. The Morgan fingerprint density at radius 2 is 2.26 bits per heavy atom. The summed E-state index contributed by atoms with van der Waals surface area (Å²) in [5.41, 5.74) is 5.75. The van der Waals surface area contributed by atoms with Crippen LogP contribution in [0.15, 0.2) is 24.3 Å². The molecule has 0 unspecified atom stereocenters. The Labute approximate surface area is 112 Å². The van der Waals surface area contributed by atoms with Crippen LogP contribution < -0.4 is 10.5 Å². The van der Waals surface area contributed by atoms with Crippen molar-refractivity contribution in [3.8, 4) is 5.75 Å². The summed E-state index contributed by atoms with van der Waals surface area (Å²) in [6.07, 6.45) is 1.87. The fraction of sp³-hybridized carbons (Fsp3) is 0.500. The standard InChI is InChI=1S/C14H19FN2O2/c15-12-4-1-2-5-13(12)19-9-3-6-14(18)17-8-7-11(16)10-17/h1-2,4-5,11H,3,6-10,16H2/t11-/m0/s1. The Bertz CT molecular complexity index is 439. The Balaban J connectivity index is 1.67. The van der Waals surface area contributed by atoms with Crippen LogP contribution in [0.25, 0.3) is 0 Å². The van der Waals surface area contributed by atoms with Gasteiger partial charge in [0.05, 0.1) is 6.61 Å². The number of rotatable bonds is 5. The molecule has 0 spiro atoms. The van der Waals surface area contributed by atoms with Crippen LogP contribution in [0.4, 0.5) is 4.39 Å². The van der Waals surface area contributed by atoms with Crippen molar-refractivity contribution in [2.75, 3.05) is 19.7 Å². The number of ether oxygens (including phenoxy) is 1. The number of carbonyl (C=O) groups excluding carboxylic acids is 1. The molecular formula is C14H19FN2O2. The van der Waals surface area contributed by atoms with Gasteiger partial charge in [-0.2, -0.15) is 0 Å². The molecule has 1 aromatic carbocycles. The summed E-state index contributed by atoms with van der Waals surface area (Å²) in [5.74, 6) is -0.0393. The van der Waals surface area contributed by atoms with Gasteiger partial charge >= 0.3 is 0 Å². The molecule has 1 amide bonds. The van der Waals surface area contributed by atoms with Crippen molar-refractivity contribution >= 4 is 5.91 Å². The van der Waals surface area contributed by atoms with Gasteiger partial charge in [-0.05, 0) is 25.0 Å². The average Bonchev–Trinajstić information content (AvgIpc) is 2.83. The minimum Gasteiger partial charge on any atom is -0.491 e. The quantitative estimate of drug-likeness (QED) is 0.823. The Hall–Kier alpha value is -1.62. The van der Waals surface area contributed by atoms with Crippen LogP contribution in [0.5, 0.6) is 5.75 Å². The first kappa shape index (κ1) is 13.8. The number of nitrogens with zero attached hydrogens (tertiary/aromatic N) is 1. The van der Waals surface area contributed by atoms with Gasteiger partial charge in [-0.15, -0.1) is 0 Å². The van der Waals surface area contributed by atoms with Crippen molar-refractivity contribution in [3.63, 3.8) is 0 Å². The largest absolute Gasteiger partial charge is 0.491 e. The highest BCUT2D eigenvalue weighted by Crippen LogP contribution is 2.16. The molecule has 5 heteroatoms. The van der Waals surface area contributed by atoms with E-state index in [1.807, 2.05) is 0 Å². The van der Waals surface area contributed by atoms with Gasteiger partial charge in [-0.25, -0.2) is 4.39 Å². The lowest BCUT2D eigenvalue weighted by molar-refractivity contribution is -0.130. The van der Waals surface area contributed by atoms with Crippen molar-refractivity contribution in [2.45, 2.75) is 25.3 Å². The smallest absolute Gasteiger partial charge is 0.222 e. The monoisotopic (exact) mass is 266 g/mol. The van der Waals surface area contributed by atoms with E-state index in [9.17, 15) is 9.18 Å². The van der Waals surface area contributed by atoms with E-state index >= 15 is 0 Å². The highest BCUT2D eigenvalue weighted by Gasteiger charge is 2.22.